The summed E-state index contributed by atoms with van der Waals surface area (Å²) in [7, 11) is 0. The molecule has 0 bridgehead atoms. The molecule has 3 aromatic heterocycles. The molecule has 0 spiro atoms. The fourth-order valence-electron chi connectivity index (χ4n) is 3.82. The highest BCUT2D eigenvalue weighted by Gasteiger charge is 2.20. The van der Waals surface area contributed by atoms with Crippen LogP contribution in [0.2, 0.25) is 0 Å². The molecule has 2 aromatic carbocycles. The zero-order valence-electron chi connectivity index (χ0n) is 18.9. The minimum absolute atomic E-state index is 0.217. The van der Waals surface area contributed by atoms with E-state index in [1.807, 2.05) is 30.3 Å². The van der Waals surface area contributed by atoms with Gasteiger partial charge >= 0.3 is 0 Å². The van der Waals surface area contributed by atoms with Gasteiger partial charge in [0.05, 0.1) is 21.5 Å². The molecule has 3 heterocycles. The van der Waals surface area contributed by atoms with E-state index in [-0.39, 0.29) is 11.5 Å². The highest BCUT2D eigenvalue weighted by Crippen LogP contribution is 2.30. The van der Waals surface area contributed by atoms with Gasteiger partial charge in [-0.1, -0.05) is 23.8 Å². The number of carbonyl (C=O) groups is 1. The van der Waals surface area contributed by atoms with E-state index in [4.69, 9.17) is 0 Å². The van der Waals surface area contributed by atoms with Crippen LogP contribution < -0.4 is 10.9 Å². The number of H-pyrrole nitrogens is 1. The fourth-order valence-corrected chi connectivity index (χ4v) is 5.91. The van der Waals surface area contributed by atoms with Gasteiger partial charge in [0.2, 0.25) is 0 Å². The number of fused-ring (bicyclic) bond motifs is 2. The predicted molar refractivity (Wildman–Crippen MR) is 140 cm³/mol. The molecule has 5 aromatic rings. The third-order valence-corrected chi connectivity index (χ3v) is 7.98. The van der Waals surface area contributed by atoms with Crippen molar-refractivity contribution in [2.24, 2.45) is 0 Å². The Balaban J connectivity index is 1.41. The number of anilines is 1. The van der Waals surface area contributed by atoms with Crippen molar-refractivity contribution in [3.8, 4) is 0 Å². The average Bonchev–Trinajstić information content (AvgIpc) is 3.16. The van der Waals surface area contributed by atoms with E-state index < -0.39 is 0 Å². The number of aromatic amines is 1. The number of hydrogen-bond acceptors (Lipinski definition) is 6. The lowest BCUT2D eigenvalue weighted by Crippen LogP contribution is -2.13. The third kappa shape index (κ3) is 4.34. The number of nitrogens with one attached hydrogen (secondary N) is 2. The topological polar surface area (TPSA) is 87.7 Å². The van der Waals surface area contributed by atoms with E-state index in [1.165, 1.54) is 22.5 Å². The van der Waals surface area contributed by atoms with Gasteiger partial charge in [0, 0.05) is 22.2 Å². The molecule has 0 saturated heterocycles. The van der Waals surface area contributed by atoms with Gasteiger partial charge in [0.25, 0.3) is 11.5 Å². The lowest BCUT2D eigenvalue weighted by Gasteiger charge is -2.06. The molecule has 5 rings (SSSR count). The van der Waals surface area contributed by atoms with Gasteiger partial charge in [-0.15, -0.1) is 23.1 Å². The second kappa shape index (κ2) is 9.04. The van der Waals surface area contributed by atoms with Crippen molar-refractivity contribution >= 4 is 55.8 Å². The highest BCUT2D eigenvalue weighted by molar-refractivity contribution is 7.98. The normalized spacial score (nSPS) is 11.3. The van der Waals surface area contributed by atoms with Crippen molar-refractivity contribution in [2.75, 3.05) is 5.32 Å². The van der Waals surface area contributed by atoms with Crippen LogP contribution >= 0.6 is 23.1 Å². The molecule has 1 amide bonds. The highest BCUT2D eigenvalue weighted by atomic mass is 32.2. The standard InChI is InChI=1S/C26H22N4O2S2/c1-14-6-7-15(2)20(11-14)33-13-21-29-24(31)22-16(3)23(34-26(22)30-21)25(32)28-18-8-9-19-17(12-18)5-4-10-27-19/h4-12H,13H2,1-3H3,(H,28,32)(H,29,30,31). The largest absolute Gasteiger partial charge is 0.321 e. The molecule has 34 heavy (non-hydrogen) atoms. The number of carbonyl (C=O) groups excluding carboxylic acids is 1. The maximum atomic E-state index is 13.1. The minimum atomic E-state index is -0.255. The molecular weight excluding hydrogens is 464 g/mol. The van der Waals surface area contributed by atoms with Crippen molar-refractivity contribution in [3.05, 3.63) is 92.5 Å². The van der Waals surface area contributed by atoms with Crippen molar-refractivity contribution in [3.63, 3.8) is 0 Å². The van der Waals surface area contributed by atoms with Gasteiger partial charge in [-0.05, 0) is 62.2 Å². The van der Waals surface area contributed by atoms with Crippen LogP contribution in [0, 0.1) is 20.8 Å². The second-order valence-corrected chi connectivity index (χ2v) is 10.2. The van der Waals surface area contributed by atoms with Gasteiger partial charge in [-0.3, -0.25) is 14.6 Å². The first-order chi connectivity index (χ1) is 16.4. The third-order valence-electron chi connectivity index (χ3n) is 5.62. The molecule has 8 heteroatoms. The van der Waals surface area contributed by atoms with E-state index in [0.717, 1.165) is 15.8 Å². The number of benzene rings is 2. The summed E-state index contributed by atoms with van der Waals surface area (Å²) in [6.07, 6.45) is 1.74. The van der Waals surface area contributed by atoms with E-state index in [0.29, 0.717) is 37.9 Å². The summed E-state index contributed by atoms with van der Waals surface area (Å²) in [5.41, 5.74) is 4.34. The van der Waals surface area contributed by atoms with E-state index in [2.05, 4.69) is 52.3 Å². The number of amides is 1. The van der Waals surface area contributed by atoms with Crippen LogP contribution in [0.15, 0.2) is 64.4 Å². The SMILES string of the molecule is Cc1ccc(C)c(SCc2nc3sc(C(=O)Nc4ccc5ncccc5c4)c(C)c3c(=O)[nH]2)c1. The Morgan fingerprint density at radius 1 is 1.12 bits per heavy atom. The van der Waals surface area contributed by atoms with Gasteiger partial charge in [-0.25, -0.2) is 4.98 Å². The molecule has 2 N–H and O–H groups in total. The van der Waals surface area contributed by atoms with Crippen molar-refractivity contribution in [2.45, 2.75) is 31.4 Å². The average molecular weight is 487 g/mol. The van der Waals surface area contributed by atoms with Crippen molar-refractivity contribution < 1.29 is 4.79 Å². The number of thiophene rings is 1. The smallest absolute Gasteiger partial charge is 0.266 e. The summed E-state index contributed by atoms with van der Waals surface area (Å²) in [4.78, 5) is 40.0. The first kappa shape index (κ1) is 22.3. The van der Waals surface area contributed by atoms with E-state index >= 15 is 0 Å². The molecule has 0 aliphatic heterocycles. The zero-order valence-corrected chi connectivity index (χ0v) is 20.6. The number of aryl methyl sites for hydroxylation is 3. The summed E-state index contributed by atoms with van der Waals surface area (Å²) >= 11 is 2.88. The Kier molecular flexibility index (Phi) is 5.93. The summed E-state index contributed by atoms with van der Waals surface area (Å²) in [6, 6.07) is 15.7. The molecule has 170 valence electrons. The number of nitrogens with zero attached hydrogens (tertiary/aromatic N) is 2. The second-order valence-electron chi connectivity index (χ2n) is 8.17. The maximum absolute atomic E-state index is 13.1. The Bertz CT molecular complexity index is 1620. The quantitative estimate of drug-likeness (QED) is 0.297. The van der Waals surface area contributed by atoms with Crippen LogP contribution in [0.1, 0.15) is 32.2 Å². The first-order valence-corrected chi connectivity index (χ1v) is 12.6. The molecule has 0 aliphatic carbocycles. The summed E-state index contributed by atoms with van der Waals surface area (Å²) < 4.78 is 0. The number of thioether (sulfide) groups is 1. The number of pyridine rings is 1. The predicted octanol–water partition coefficient (Wildman–Crippen LogP) is 6.00. The Hall–Kier alpha value is -3.49. The van der Waals surface area contributed by atoms with Gasteiger partial charge in [0.15, 0.2) is 0 Å². The summed E-state index contributed by atoms with van der Waals surface area (Å²) in [6.45, 7) is 5.92. The van der Waals surface area contributed by atoms with Crippen LogP contribution in [0.25, 0.3) is 21.1 Å². The van der Waals surface area contributed by atoms with Gasteiger partial charge in [0.1, 0.15) is 10.7 Å². The van der Waals surface area contributed by atoms with E-state index in [1.54, 1.807) is 24.9 Å². The molecule has 0 saturated carbocycles. The molecule has 6 nitrogen and oxygen atoms in total. The van der Waals surface area contributed by atoms with E-state index in [9.17, 15) is 9.59 Å². The molecule has 0 fully saturated rings. The lowest BCUT2D eigenvalue weighted by molar-refractivity contribution is 0.103. The number of rotatable bonds is 5. The Morgan fingerprint density at radius 2 is 1.97 bits per heavy atom. The van der Waals surface area contributed by atoms with Gasteiger partial charge < -0.3 is 10.3 Å². The molecular formula is C26H22N4O2S2. The molecule has 0 aliphatic rings. The van der Waals surface area contributed by atoms with Crippen LogP contribution in [0.5, 0.6) is 0 Å². The first-order valence-electron chi connectivity index (χ1n) is 10.8. The maximum Gasteiger partial charge on any atom is 0.266 e. The van der Waals surface area contributed by atoms with Crippen molar-refractivity contribution in [1.82, 2.24) is 15.0 Å². The summed E-state index contributed by atoms with van der Waals surface area (Å²) in [5, 5.41) is 4.36. The fraction of sp³-hybridized carbons (Fsp3) is 0.154. The van der Waals surface area contributed by atoms with Gasteiger partial charge in [-0.2, -0.15) is 0 Å². The molecule has 0 radical (unpaired) electrons. The number of aromatic nitrogens is 3. The van der Waals surface area contributed by atoms with Crippen molar-refractivity contribution in [1.29, 1.82) is 0 Å². The van der Waals surface area contributed by atoms with Crippen LogP contribution in [-0.4, -0.2) is 20.9 Å². The van der Waals surface area contributed by atoms with Crippen LogP contribution in [0.4, 0.5) is 5.69 Å². The number of hydrogen-bond donors (Lipinski definition) is 2. The lowest BCUT2D eigenvalue weighted by atomic mass is 10.2. The monoisotopic (exact) mass is 486 g/mol. The van der Waals surface area contributed by atoms with Crippen LogP contribution in [-0.2, 0) is 5.75 Å². The Morgan fingerprint density at radius 3 is 2.82 bits per heavy atom. The molecule has 0 unspecified atom stereocenters. The van der Waals surface area contributed by atoms with Crippen LogP contribution in [0.3, 0.4) is 0 Å². The Labute approximate surface area is 204 Å². The molecule has 0 atom stereocenters. The summed E-state index contributed by atoms with van der Waals surface area (Å²) in [5.74, 6) is 0.882. The zero-order chi connectivity index (χ0) is 23.8. The minimum Gasteiger partial charge on any atom is -0.321 e.